The number of nitrogens with two attached hydrogens (primary N) is 1. The number of benzene rings is 2. The van der Waals surface area contributed by atoms with Crippen LogP contribution in [0.5, 0.6) is 0 Å². The lowest BCUT2D eigenvalue weighted by atomic mass is 10.1. The van der Waals surface area contributed by atoms with Crippen LogP contribution in [0.4, 0.5) is 13.2 Å². The van der Waals surface area contributed by atoms with E-state index in [0.29, 0.717) is 21.8 Å². The number of aromatic nitrogens is 1. The van der Waals surface area contributed by atoms with E-state index in [-0.39, 0.29) is 4.90 Å². The molecule has 130 valence electrons. The van der Waals surface area contributed by atoms with Gasteiger partial charge in [0.25, 0.3) is 0 Å². The minimum absolute atomic E-state index is 0.0223. The van der Waals surface area contributed by atoms with Crippen molar-refractivity contribution in [3.63, 3.8) is 0 Å². The fraction of sp³-hybridized carbons (Fsp3) is 0.0625. The van der Waals surface area contributed by atoms with Crippen molar-refractivity contribution < 1.29 is 21.6 Å². The van der Waals surface area contributed by atoms with Gasteiger partial charge in [-0.15, -0.1) is 11.3 Å². The van der Waals surface area contributed by atoms with Crippen molar-refractivity contribution >= 4 is 21.4 Å². The average Bonchev–Trinajstić information content (AvgIpc) is 3.03. The molecular formula is C16H11F3N2O2S2. The summed E-state index contributed by atoms with van der Waals surface area (Å²) < 4.78 is 60.9. The quantitative estimate of drug-likeness (QED) is 0.737. The van der Waals surface area contributed by atoms with Crippen LogP contribution in [0.3, 0.4) is 0 Å². The zero-order chi connectivity index (χ0) is 18.2. The Morgan fingerprint density at radius 2 is 1.68 bits per heavy atom. The number of halogens is 3. The van der Waals surface area contributed by atoms with Gasteiger partial charge in [0.15, 0.2) is 0 Å². The minimum Gasteiger partial charge on any atom is -0.236 e. The van der Waals surface area contributed by atoms with Crippen LogP contribution in [-0.2, 0) is 16.2 Å². The Hall–Kier alpha value is -2.23. The molecule has 0 saturated heterocycles. The largest absolute Gasteiger partial charge is 0.416 e. The molecule has 2 N–H and O–H groups in total. The van der Waals surface area contributed by atoms with Crippen molar-refractivity contribution in [2.45, 2.75) is 11.1 Å². The number of sulfonamides is 1. The fourth-order valence-corrected chi connectivity index (χ4v) is 3.53. The van der Waals surface area contributed by atoms with Crippen LogP contribution < -0.4 is 5.14 Å². The molecule has 0 bridgehead atoms. The van der Waals surface area contributed by atoms with Crippen molar-refractivity contribution in [2.75, 3.05) is 0 Å². The van der Waals surface area contributed by atoms with E-state index in [1.165, 1.54) is 29.5 Å². The molecular weight excluding hydrogens is 373 g/mol. The Labute approximate surface area is 145 Å². The smallest absolute Gasteiger partial charge is 0.236 e. The molecule has 25 heavy (non-hydrogen) atoms. The van der Waals surface area contributed by atoms with E-state index < -0.39 is 21.8 Å². The minimum atomic E-state index is -4.42. The Kier molecular flexibility index (Phi) is 4.40. The number of primary sulfonamides is 1. The summed E-state index contributed by atoms with van der Waals surface area (Å²) in [7, 11) is -3.78. The van der Waals surface area contributed by atoms with Gasteiger partial charge in [-0.1, -0.05) is 24.3 Å². The molecule has 0 fully saturated rings. The van der Waals surface area contributed by atoms with Gasteiger partial charge in [-0.2, -0.15) is 13.2 Å². The molecule has 0 saturated carbocycles. The molecule has 0 atom stereocenters. The standard InChI is InChI=1S/C16H11F3N2O2S2/c17-16(18,19)12-3-1-2-11(8-12)14-9-24-15(21-14)10-4-6-13(7-5-10)25(20,22)23/h1-9H,(H2,20,22,23). The monoisotopic (exact) mass is 384 g/mol. The molecule has 0 unspecified atom stereocenters. The summed E-state index contributed by atoms with van der Waals surface area (Å²) in [5.41, 5.74) is 0.688. The molecule has 0 amide bonds. The maximum atomic E-state index is 12.8. The predicted octanol–water partition coefficient (Wildman–Crippen LogP) is 4.14. The highest BCUT2D eigenvalue weighted by Gasteiger charge is 2.30. The van der Waals surface area contributed by atoms with Crippen LogP contribution in [0.15, 0.2) is 58.8 Å². The maximum absolute atomic E-state index is 12.8. The van der Waals surface area contributed by atoms with Gasteiger partial charge >= 0.3 is 6.18 Å². The van der Waals surface area contributed by atoms with E-state index in [4.69, 9.17) is 5.14 Å². The van der Waals surface area contributed by atoms with E-state index in [2.05, 4.69) is 4.98 Å². The molecule has 1 aromatic heterocycles. The molecule has 2 aromatic carbocycles. The number of hydrogen-bond acceptors (Lipinski definition) is 4. The van der Waals surface area contributed by atoms with Gasteiger partial charge < -0.3 is 0 Å². The summed E-state index contributed by atoms with van der Waals surface area (Å²) >= 11 is 1.25. The maximum Gasteiger partial charge on any atom is 0.416 e. The molecule has 9 heteroatoms. The van der Waals surface area contributed by atoms with E-state index in [0.717, 1.165) is 12.1 Å². The second kappa shape index (κ2) is 6.25. The van der Waals surface area contributed by atoms with Crippen LogP contribution in [0.25, 0.3) is 21.8 Å². The number of nitrogens with zero attached hydrogens (tertiary/aromatic N) is 1. The molecule has 1 heterocycles. The summed E-state index contributed by atoms with van der Waals surface area (Å²) in [6.45, 7) is 0. The van der Waals surface area contributed by atoms with Crippen LogP contribution in [0, 0.1) is 0 Å². The summed E-state index contributed by atoms with van der Waals surface area (Å²) in [4.78, 5) is 4.31. The Balaban J connectivity index is 1.93. The van der Waals surface area contributed by atoms with Crippen LogP contribution in [-0.4, -0.2) is 13.4 Å². The second-order valence-corrected chi connectivity index (χ2v) is 7.61. The molecule has 0 spiro atoms. The molecule has 4 nitrogen and oxygen atoms in total. The first-order valence-corrected chi connectivity index (χ1v) is 9.33. The van der Waals surface area contributed by atoms with Gasteiger partial charge in [-0.3, -0.25) is 0 Å². The molecule has 3 aromatic rings. The zero-order valence-electron chi connectivity index (χ0n) is 12.5. The molecule has 0 aliphatic rings. The Morgan fingerprint density at radius 1 is 1.00 bits per heavy atom. The molecule has 0 radical (unpaired) electrons. The number of hydrogen-bond donors (Lipinski definition) is 1. The van der Waals surface area contributed by atoms with Crippen LogP contribution in [0.1, 0.15) is 5.56 Å². The van der Waals surface area contributed by atoms with E-state index in [1.54, 1.807) is 23.6 Å². The van der Waals surface area contributed by atoms with Crippen molar-refractivity contribution in [3.8, 4) is 21.8 Å². The topological polar surface area (TPSA) is 73.1 Å². The van der Waals surface area contributed by atoms with Crippen molar-refractivity contribution in [1.29, 1.82) is 0 Å². The normalized spacial score (nSPS) is 12.3. The van der Waals surface area contributed by atoms with E-state index in [1.807, 2.05) is 0 Å². The Morgan fingerprint density at radius 3 is 2.28 bits per heavy atom. The van der Waals surface area contributed by atoms with Crippen molar-refractivity contribution in [2.24, 2.45) is 5.14 Å². The van der Waals surface area contributed by atoms with E-state index in [9.17, 15) is 21.6 Å². The van der Waals surface area contributed by atoms with Crippen molar-refractivity contribution in [1.82, 2.24) is 4.98 Å². The van der Waals surface area contributed by atoms with Gasteiger partial charge in [0.05, 0.1) is 16.2 Å². The first-order chi connectivity index (χ1) is 11.6. The highest BCUT2D eigenvalue weighted by molar-refractivity contribution is 7.89. The van der Waals surface area contributed by atoms with Gasteiger partial charge in [0.2, 0.25) is 10.0 Å². The number of thiazole rings is 1. The Bertz CT molecular complexity index is 1010. The highest BCUT2D eigenvalue weighted by Crippen LogP contribution is 2.34. The summed E-state index contributed by atoms with van der Waals surface area (Å²) in [5.74, 6) is 0. The zero-order valence-corrected chi connectivity index (χ0v) is 14.1. The lowest BCUT2D eigenvalue weighted by Gasteiger charge is -2.07. The first kappa shape index (κ1) is 17.6. The third-order valence-electron chi connectivity index (χ3n) is 3.42. The summed E-state index contributed by atoms with van der Waals surface area (Å²) in [5, 5.41) is 7.26. The SMILES string of the molecule is NS(=O)(=O)c1ccc(-c2nc(-c3cccc(C(F)(F)F)c3)cs2)cc1. The highest BCUT2D eigenvalue weighted by atomic mass is 32.2. The number of alkyl halides is 3. The summed E-state index contributed by atoms with van der Waals surface area (Å²) in [6, 6.07) is 10.7. The third kappa shape index (κ3) is 3.89. The van der Waals surface area contributed by atoms with Gasteiger partial charge in [-0.25, -0.2) is 18.5 Å². The average molecular weight is 384 g/mol. The number of rotatable bonds is 3. The van der Waals surface area contributed by atoms with Gasteiger partial charge in [0.1, 0.15) is 5.01 Å². The lowest BCUT2D eigenvalue weighted by molar-refractivity contribution is -0.137. The first-order valence-electron chi connectivity index (χ1n) is 6.91. The second-order valence-electron chi connectivity index (χ2n) is 5.19. The molecule has 0 aliphatic heterocycles. The van der Waals surface area contributed by atoms with E-state index >= 15 is 0 Å². The fourth-order valence-electron chi connectivity index (χ4n) is 2.18. The predicted molar refractivity (Wildman–Crippen MR) is 89.4 cm³/mol. The van der Waals surface area contributed by atoms with Gasteiger partial charge in [0, 0.05) is 16.5 Å². The van der Waals surface area contributed by atoms with Crippen LogP contribution in [0.2, 0.25) is 0 Å². The third-order valence-corrected chi connectivity index (χ3v) is 5.24. The van der Waals surface area contributed by atoms with Gasteiger partial charge in [-0.05, 0) is 24.3 Å². The summed E-state index contributed by atoms with van der Waals surface area (Å²) in [6.07, 6.45) is -4.42. The lowest BCUT2D eigenvalue weighted by Crippen LogP contribution is -2.11. The van der Waals surface area contributed by atoms with Crippen LogP contribution >= 0.6 is 11.3 Å². The molecule has 0 aliphatic carbocycles. The molecule has 3 rings (SSSR count). The van der Waals surface area contributed by atoms with Crippen molar-refractivity contribution in [3.05, 3.63) is 59.5 Å².